The van der Waals surface area contributed by atoms with E-state index in [0.29, 0.717) is 44.1 Å². The lowest BCUT2D eigenvalue weighted by Crippen LogP contribution is -2.42. The molecule has 0 bridgehead atoms. The molecule has 8 nitrogen and oxygen atoms in total. The molecule has 0 saturated carbocycles. The number of nitrogens with zero attached hydrogens (tertiary/aromatic N) is 1. The topological polar surface area (TPSA) is 86.7 Å². The number of carbonyl (C=O) groups excluding carboxylic acids is 1. The van der Waals surface area contributed by atoms with Crippen molar-refractivity contribution in [3.8, 4) is 11.5 Å². The van der Waals surface area contributed by atoms with Gasteiger partial charge in [0.05, 0.1) is 18.5 Å². The number of alkyl halides is 3. The van der Waals surface area contributed by atoms with Crippen molar-refractivity contribution in [1.29, 1.82) is 0 Å². The summed E-state index contributed by atoms with van der Waals surface area (Å²) in [4.78, 5) is 14.7. The van der Waals surface area contributed by atoms with E-state index in [4.69, 9.17) is 18.9 Å². The first-order valence-corrected chi connectivity index (χ1v) is 15.7. The average Bonchev–Trinajstić information content (AvgIpc) is 2.98. The summed E-state index contributed by atoms with van der Waals surface area (Å²) in [5.41, 5.74) is 3.40. The Hall–Kier alpha value is -2.74. The summed E-state index contributed by atoms with van der Waals surface area (Å²) in [6, 6.07) is 15.6. The lowest BCUT2D eigenvalue weighted by molar-refractivity contribution is -0.158. The van der Waals surface area contributed by atoms with Crippen LogP contribution in [0.3, 0.4) is 0 Å². The van der Waals surface area contributed by atoms with E-state index in [9.17, 15) is 18.7 Å². The van der Waals surface area contributed by atoms with Crippen LogP contribution in [0.15, 0.2) is 77.6 Å². The standard InChI is InChI=1S/C32H38F2INO7/c1-32(33,34)43-26-13-11-25(12-14-26)42-31(38)36-16-15-27-23(18-36)9-6-10-29(41-20-35)28(30(27)39-2)17-24(19-40-21-37)22-7-4-3-5-8-22/h3-5,7-8,10-14,24,28,30,37H,6,9,15-21H2,1-2H3. The predicted molar refractivity (Wildman–Crippen MR) is 165 cm³/mol. The van der Waals surface area contributed by atoms with Gasteiger partial charge in [-0.3, -0.25) is 0 Å². The quantitative estimate of drug-likeness (QED) is 0.109. The lowest BCUT2D eigenvalue weighted by Gasteiger charge is -2.39. The maximum atomic E-state index is 13.1. The van der Waals surface area contributed by atoms with E-state index in [1.54, 1.807) is 12.0 Å². The minimum Gasteiger partial charge on any atom is -0.488 e. The zero-order chi connectivity index (χ0) is 30.8. The van der Waals surface area contributed by atoms with E-state index in [0.717, 1.165) is 35.3 Å². The van der Waals surface area contributed by atoms with Crippen molar-refractivity contribution in [1.82, 2.24) is 4.90 Å². The number of amides is 1. The first kappa shape index (κ1) is 33.2. The van der Waals surface area contributed by atoms with Crippen molar-refractivity contribution in [2.24, 2.45) is 5.92 Å². The fourth-order valence-electron chi connectivity index (χ4n) is 5.76. The van der Waals surface area contributed by atoms with Gasteiger partial charge in [-0.15, -0.1) is 0 Å². The second kappa shape index (κ2) is 15.8. The Labute approximate surface area is 264 Å². The SMILES string of the molecule is COC1C2=C(CCC=C(OCI)C1CC(COCO)c1ccccc1)CN(C(=O)Oc1ccc(OC(C)(F)F)cc1)CC2. The fraction of sp³-hybridized carbons (Fsp3) is 0.469. The van der Waals surface area contributed by atoms with Gasteiger partial charge in [-0.2, -0.15) is 8.78 Å². The lowest BCUT2D eigenvalue weighted by atomic mass is 9.78. The van der Waals surface area contributed by atoms with Crippen LogP contribution in [0.25, 0.3) is 0 Å². The number of benzene rings is 2. The molecule has 1 amide bonds. The molecule has 3 unspecified atom stereocenters. The highest BCUT2D eigenvalue weighted by molar-refractivity contribution is 14.1. The summed E-state index contributed by atoms with van der Waals surface area (Å²) in [5, 5.41) is 9.39. The minimum absolute atomic E-state index is 0.00361. The van der Waals surface area contributed by atoms with Gasteiger partial charge in [-0.25, -0.2) is 4.79 Å². The van der Waals surface area contributed by atoms with Crippen LogP contribution in [0.4, 0.5) is 13.6 Å². The smallest absolute Gasteiger partial charge is 0.415 e. The third kappa shape index (κ3) is 9.37. The molecular weight excluding hydrogens is 675 g/mol. The molecule has 1 heterocycles. The Bertz CT molecular complexity index is 1250. The summed E-state index contributed by atoms with van der Waals surface area (Å²) >= 11 is 2.20. The molecule has 0 radical (unpaired) electrons. The van der Waals surface area contributed by atoms with Crippen molar-refractivity contribution >= 4 is 28.7 Å². The number of carbonyl (C=O) groups is 1. The second-order valence-corrected chi connectivity index (χ2v) is 11.2. The van der Waals surface area contributed by atoms with Crippen molar-refractivity contribution < 1.29 is 42.4 Å². The third-order valence-electron chi connectivity index (χ3n) is 7.63. The minimum atomic E-state index is -3.30. The van der Waals surface area contributed by atoms with E-state index in [1.165, 1.54) is 24.3 Å². The van der Waals surface area contributed by atoms with E-state index in [2.05, 4.69) is 45.5 Å². The molecule has 43 heavy (non-hydrogen) atoms. The van der Waals surface area contributed by atoms with Gasteiger partial charge in [0.15, 0.2) is 0 Å². The van der Waals surface area contributed by atoms with E-state index >= 15 is 0 Å². The highest BCUT2D eigenvalue weighted by atomic mass is 127. The van der Waals surface area contributed by atoms with Crippen LogP contribution in [0.1, 0.15) is 44.1 Å². The zero-order valence-corrected chi connectivity index (χ0v) is 26.5. The molecule has 1 N–H and O–H groups in total. The van der Waals surface area contributed by atoms with Crippen LogP contribution >= 0.6 is 22.6 Å². The van der Waals surface area contributed by atoms with E-state index in [1.807, 2.05) is 18.2 Å². The van der Waals surface area contributed by atoms with Gasteiger partial charge < -0.3 is 33.7 Å². The van der Waals surface area contributed by atoms with Gasteiger partial charge in [-0.1, -0.05) is 30.3 Å². The molecule has 0 fully saturated rings. The highest BCUT2D eigenvalue weighted by Gasteiger charge is 2.37. The fourth-order valence-corrected chi connectivity index (χ4v) is 6.12. The molecule has 0 spiro atoms. The van der Waals surface area contributed by atoms with Gasteiger partial charge in [0.25, 0.3) is 0 Å². The number of aliphatic hydroxyl groups is 1. The van der Waals surface area contributed by atoms with E-state index in [-0.39, 0.29) is 36.2 Å². The van der Waals surface area contributed by atoms with Gasteiger partial charge in [-0.05, 0) is 95.3 Å². The normalized spacial score (nSPS) is 20.0. The molecule has 0 saturated heterocycles. The maximum absolute atomic E-state index is 13.1. The summed E-state index contributed by atoms with van der Waals surface area (Å²) < 4.78 is 54.7. The number of halogens is 3. The zero-order valence-electron chi connectivity index (χ0n) is 24.3. The van der Waals surface area contributed by atoms with Gasteiger partial charge in [0.2, 0.25) is 0 Å². The summed E-state index contributed by atoms with van der Waals surface area (Å²) in [7, 11) is 1.70. The van der Waals surface area contributed by atoms with Gasteiger partial charge in [0.1, 0.15) is 22.9 Å². The summed E-state index contributed by atoms with van der Waals surface area (Å²) in [5.74, 6) is 0.993. The molecule has 1 aliphatic carbocycles. The number of ether oxygens (including phenoxy) is 5. The number of rotatable bonds is 12. The van der Waals surface area contributed by atoms with Gasteiger partial charge in [0, 0.05) is 39.0 Å². The molecule has 2 aromatic carbocycles. The number of methoxy groups -OCH3 is 1. The molecule has 2 aliphatic rings. The third-order valence-corrected chi connectivity index (χ3v) is 7.94. The van der Waals surface area contributed by atoms with Crippen LogP contribution in [-0.2, 0) is 14.2 Å². The Morgan fingerprint density at radius 2 is 1.84 bits per heavy atom. The summed E-state index contributed by atoms with van der Waals surface area (Å²) in [6.07, 6.45) is 0.808. The van der Waals surface area contributed by atoms with Crippen molar-refractivity contribution in [3.63, 3.8) is 0 Å². The van der Waals surface area contributed by atoms with Crippen LogP contribution in [0.5, 0.6) is 11.5 Å². The van der Waals surface area contributed by atoms with Gasteiger partial charge >= 0.3 is 12.2 Å². The Morgan fingerprint density at radius 3 is 2.49 bits per heavy atom. The largest absolute Gasteiger partial charge is 0.488 e. The van der Waals surface area contributed by atoms with Crippen LogP contribution in [-0.4, -0.2) is 66.5 Å². The molecule has 2 aromatic rings. The molecule has 4 rings (SSSR count). The number of hydrogen-bond donors (Lipinski definition) is 1. The van der Waals surface area contributed by atoms with Crippen molar-refractivity contribution in [2.75, 3.05) is 38.2 Å². The van der Waals surface area contributed by atoms with Crippen LogP contribution in [0.2, 0.25) is 0 Å². The Kier molecular flexibility index (Phi) is 12.2. The molecule has 1 aliphatic heterocycles. The molecular formula is C32H38F2INO7. The average molecular weight is 714 g/mol. The predicted octanol–water partition coefficient (Wildman–Crippen LogP) is 7.04. The second-order valence-electron chi connectivity index (χ2n) is 10.6. The molecule has 234 valence electrons. The van der Waals surface area contributed by atoms with Crippen molar-refractivity contribution in [3.05, 3.63) is 83.1 Å². The summed E-state index contributed by atoms with van der Waals surface area (Å²) in [6.45, 7) is 1.49. The van der Waals surface area contributed by atoms with Crippen molar-refractivity contribution in [2.45, 2.75) is 50.7 Å². The van der Waals surface area contributed by atoms with Crippen LogP contribution < -0.4 is 9.47 Å². The molecule has 11 heteroatoms. The number of aliphatic hydroxyl groups excluding tert-OH is 1. The highest BCUT2D eigenvalue weighted by Crippen LogP contribution is 2.40. The molecule has 3 atom stereocenters. The first-order chi connectivity index (χ1) is 20.7. The van der Waals surface area contributed by atoms with Crippen LogP contribution in [0, 0.1) is 5.92 Å². The first-order valence-electron chi connectivity index (χ1n) is 14.2. The molecule has 0 aromatic heterocycles. The Morgan fingerprint density at radius 1 is 1.12 bits per heavy atom. The number of allylic oxidation sites excluding steroid dienone is 1. The Balaban J connectivity index is 1.53. The monoisotopic (exact) mass is 713 g/mol. The maximum Gasteiger partial charge on any atom is 0.415 e. The number of hydrogen-bond acceptors (Lipinski definition) is 7. The van der Waals surface area contributed by atoms with E-state index < -0.39 is 12.2 Å².